The third-order valence-corrected chi connectivity index (χ3v) is 7.30. The lowest BCUT2D eigenvalue weighted by molar-refractivity contribution is -0.139. The summed E-state index contributed by atoms with van der Waals surface area (Å²) in [6.45, 7) is 5.11. The van der Waals surface area contributed by atoms with E-state index in [1.54, 1.807) is 4.90 Å². The van der Waals surface area contributed by atoms with Gasteiger partial charge in [0.05, 0.1) is 6.42 Å². The van der Waals surface area contributed by atoms with Crippen LogP contribution in [0, 0.1) is 11.8 Å². The monoisotopic (exact) mass is 478 g/mol. The van der Waals surface area contributed by atoms with E-state index in [0.29, 0.717) is 19.5 Å². The Morgan fingerprint density at radius 3 is 2.29 bits per heavy atom. The van der Waals surface area contributed by atoms with E-state index in [4.69, 9.17) is 9.84 Å². The standard InChI is InChI=1S/C28H34N2O5/c1-3-4-13-25(27(33)30-15-18(2)19(16-30)14-26(31)32)29-28(34)35-17-24-22-11-7-5-9-20(22)21-10-6-8-12-23(21)24/h5-12,18-19,24-25H,3-4,13-17H2,1-2H3,(H,29,34)(H,31,32)/t18?,19?,25-/m0/s1. The van der Waals surface area contributed by atoms with Gasteiger partial charge in [-0.2, -0.15) is 0 Å². The van der Waals surface area contributed by atoms with Crippen LogP contribution < -0.4 is 5.32 Å². The van der Waals surface area contributed by atoms with Gasteiger partial charge in [-0.3, -0.25) is 9.59 Å². The molecule has 3 atom stereocenters. The number of carboxylic acid groups (broad SMARTS) is 1. The lowest BCUT2D eigenvalue weighted by Crippen LogP contribution is -2.48. The minimum Gasteiger partial charge on any atom is -0.481 e. The van der Waals surface area contributed by atoms with Gasteiger partial charge in [-0.15, -0.1) is 0 Å². The van der Waals surface area contributed by atoms with Crippen molar-refractivity contribution in [3.05, 3.63) is 59.7 Å². The number of hydrogen-bond donors (Lipinski definition) is 2. The van der Waals surface area contributed by atoms with Crippen LogP contribution in [0.1, 0.15) is 56.6 Å². The topological polar surface area (TPSA) is 95.9 Å². The Kier molecular flexibility index (Phi) is 7.73. The van der Waals surface area contributed by atoms with E-state index < -0.39 is 18.1 Å². The Balaban J connectivity index is 1.40. The quantitative estimate of drug-likeness (QED) is 0.547. The van der Waals surface area contributed by atoms with Gasteiger partial charge in [0, 0.05) is 19.0 Å². The minimum absolute atomic E-state index is 0.0460. The zero-order chi connectivity index (χ0) is 24.9. The van der Waals surface area contributed by atoms with E-state index in [-0.39, 0.29) is 36.7 Å². The van der Waals surface area contributed by atoms with E-state index in [1.807, 2.05) is 38.1 Å². The van der Waals surface area contributed by atoms with Crippen LogP contribution >= 0.6 is 0 Å². The van der Waals surface area contributed by atoms with E-state index in [0.717, 1.165) is 35.1 Å². The molecular weight excluding hydrogens is 444 g/mol. The van der Waals surface area contributed by atoms with Crippen molar-refractivity contribution < 1.29 is 24.2 Å². The lowest BCUT2D eigenvalue weighted by atomic mass is 9.95. The van der Waals surface area contributed by atoms with Crippen LogP contribution in [0.2, 0.25) is 0 Å². The summed E-state index contributed by atoms with van der Waals surface area (Å²) in [6.07, 6.45) is 1.66. The van der Waals surface area contributed by atoms with Gasteiger partial charge >= 0.3 is 12.1 Å². The van der Waals surface area contributed by atoms with Crippen LogP contribution in [0.3, 0.4) is 0 Å². The summed E-state index contributed by atoms with van der Waals surface area (Å²) in [6, 6.07) is 15.6. The van der Waals surface area contributed by atoms with Crippen molar-refractivity contribution in [2.45, 2.75) is 51.5 Å². The molecule has 186 valence electrons. The van der Waals surface area contributed by atoms with E-state index in [1.165, 1.54) is 0 Å². The van der Waals surface area contributed by atoms with Gasteiger partial charge in [-0.05, 0) is 40.5 Å². The van der Waals surface area contributed by atoms with Crippen LogP contribution in [-0.2, 0) is 14.3 Å². The first kappa shape index (κ1) is 24.8. The van der Waals surface area contributed by atoms with Gasteiger partial charge in [0.15, 0.2) is 0 Å². The first-order valence-corrected chi connectivity index (χ1v) is 12.5. The average molecular weight is 479 g/mol. The third-order valence-electron chi connectivity index (χ3n) is 7.30. The number of ether oxygens (including phenoxy) is 1. The number of amides is 2. The van der Waals surface area contributed by atoms with Crippen molar-refractivity contribution in [3.63, 3.8) is 0 Å². The highest BCUT2D eigenvalue weighted by molar-refractivity contribution is 5.86. The normalized spacial score (nSPS) is 19.7. The smallest absolute Gasteiger partial charge is 0.407 e. The second kappa shape index (κ2) is 10.9. The van der Waals surface area contributed by atoms with E-state index in [9.17, 15) is 14.4 Å². The summed E-state index contributed by atoms with van der Waals surface area (Å²) in [5.41, 5.74) is 4.59. The molecule has 0 radical (unpaired) electrons. The summed E-state index contributed by atoms with van der Waals surface area (Å²) in [7, 11) is 0. The largest absolute Gasteiger partial charge is 0.481 e. The Morgan fingerprint density at radius 2 is 1.69 bits per heavy atom. The molecule has 2 aromatic rings. The fourth-order valence-electron chi connectivity index (χ4n) is 5.37. The van der Waals surface area contributed by atoms with Crippen molar-refractivity contribution in [2.24, 2.45) is 11.8 Å². The van der Waals surface area contributed by atoms with Crippen molar-refractivity contribution >= 4 is 18.0 Å². The molecule has 1 fully saturated rings. The summed E-state index contributed by atoms with van der Waals surface area (Å²) in [4.78, 5) is 38.9. The molecule has 2 aliphatic rings. The summed E-state index contributed by atoms with van der Waals surface area (Å²) >= 11 is 0. The van der Waals surface area contributed by atoms with Gasteiger partial charge < -0.3 is 20.1 Å². The summed E-state index contributed by atoms with van der Waals surface area (Å²) in [5.74, 6) is -1.02. The molecule has 1 heterocycles. The predicted molar refractivity (Wildman–Crippen MR) is 133 cm³/mol. The van der Waals surface area contributed by atoms with Crippen LogP contribution in [0.4, 0.5) is 4.79 Å². The van der Waals surface area contributed by atoms with Crippen molar-refractivity contribution in [3.8, 4) is 11.1 Å². The lowest BCUT2D eigenvalue weighted by Gasteiger charge is -2.24. The minimum atomic E-state index is -0.851. The maximum atomic E-state index is 13.3. The number of carbonyl (C=O) groups excluding carboxylic acids is 2. The number of hydrogen-bond acceptors (Lipinski definition) is 4. The molecule has 7 heteroatoms. The molecule has 2 aromatic carbocycles. The average Bonchev–Trinajstić information content (AvgIpc) is 3.37. The number of aliphatic carboxylic acids is 1. The Bertz CT molecular complexity index is 1040. The van der Waals surface area contributed by atoms with E-state index >= 15 is 0 Å². The van der Waals surface area contributed by atoms with Gasteiger partial charge in [-0.1, -0.05) is 75.2 Å². The number of nitrogens with zero attached hydrogens (tertiary/aromatic N) is 1. The molecule has 0 bridgehead atoms. The Labute approximate surface area is 206 Å². The van der Waals surface area contributed by atoms with E-state index in [2.05, 4.69) is 29.6 Å². The molecule has 35 heavy (non-hydrogen) atoms. The zero-order valence-electron chi connectivity index (χ0n) is 20.4. The van der Waals surface area contributed by atoms with Crippen molar-refractivity contribution in [2.75, 3.05) is 19.7 Å². The van der Waals surface area contributed by atoms with Crippen molar-refractivity contribution in [1.29, 1.82) is 0 Å². The Morgan fingerprint density at radius 1 is 1.06 bits per heavy atom. The van der Waals surface area contributed by atoms with Crippen LogP contribution in [0.25, 0.3) is 11.1 Å². The number of likely N-dealkylation sites (tertiary alicyclic amines) is 1. The first-order chi connectivity index (χ1) is 16.9. The second-order valence-corrected chi connectivity index (χ2v) is 9.74. The Hall–Kier alpha value is -3.35. The second-order valence-electron chi connectivity index (χ2n) is 9.74. The molecule has 0 saturated carbocycles. The van der Waals surface area contributed by atoms with Gasteiger partial charge in [0.1, 0.15) is 12.6 Å². The predicted octanol–water partition coefficient (Wildman–Crippen LogP) is 4.65. The maximum Gasteiger partial charge on any atom is 0.407 e. The van der Waals surface area contributed by atoms with Crippen LogP contribution in [0.5, 0.6) is 0 Å². The van der Waals surface area contributed by atoms with Crippen LogP contribution in [0.15, 0.2) is 48.5 Å². The molecule has 7 nitrogen and oxygen atoms in total. The number of fused-ring (bicyclic) bond motifs is 3. The number of carboxylic acids is 1. The van der Waals surface area contributed by atoms with Gasteiger partial charge in [-0.25, -0.2) is 4.79 Å². The summed E-state index contributed by atoms with van der Waals surface area (Å²) in [5, 5.41) is 12.0. The molecule has 1 aliphatic carbocycles. The zero-order valence-corrected chi connectivity index (χ0v) is 20.4. The van der Waals surface area contributed by atoms with Gasteiger partial charge in [0.25, 0.3) is 0 Å². The van der Waals surface area contributed by atoms with Crippen molar-refractivity contribution in [1.82, 2.24) is 10.2 Å². The number of nitrogens with one attached hydrogen (secondary N) is 1. The molecule has 2 amide bonds. The summed E-state index contributed by atoms with van der Waals surface area (Å²) < 4.78 is 5.66. The molecule has 0 aromatic heterocycles. The molecule has 4 rings (SSSR count). The molecule has 2 N–H and O–H groups in total. The number of benzene rings is 2. The molecular formula is C28H34N2O5. The number of rotatable bonds is 9. The molecule has 2 unspecified atom stereocenters. The molecule has 1 aliphatic heterocycles. The molecule has 1 saturated heterocycles. The SMILES string of the molecule is CCCC[C@H](NC(=O)OCC1c2ccccc2-c2ccccc21)C(=O)N1CC(C)C(CC(=O)O)C1. The fraction of sp³-hybridized carbons (Fsp3) is 0.464. The highest BCUT2D eigenvalue weighted by Crippen LogP contribution is 2.44. The van der Waals surface area contributed by atoms with Gasteiger partial charge in [0.2, 0.25) is 5.91 Å². The first-order valence-electron chi connectivity index (χ1n) is 12.5. The number of carbonyl (C=O) groups is 3. The fourth-order valence-corrected chi connectivity index (χ4v) is 5.37. The van der Waals surface area contributed by atoms with Crippen LogP contribution in [-0.4, -0.2) is 53.7 Å². The highest BCUT2D eigenvalue weighted by Gasteiger charge is 2.37. The maximum absolute atomic E-state index is 13.3. The third kappa shape index (κ3) is 5.50. The number of unbranched alkanes of at least 4 members (excludes halogenated alkanes) is 1. The highest BCUT2D eigenvalue weighted by atomic mass is 16.5. The number of alkyl carbamates (subject to hydrolysis) is 1. The molecule has 0 spiro atoms.